The third kappa shape index (κ3) is 5.81. The predicted molar refractivity (Wildman–Crippen MR) is 72.1 cm³/mol. The van der Waals surface area contributed by atoms with Crippen LogP contribution in [0.3, 0.4) is 0 Å². The maximum Gasteiger partial charge on any atom is 0.484 e. The summed E-state index contributed by atoms with van der Waals surface area (Å²) >= 11 is 0. The van der Waals surface area contributed by atoms with Gasteiger partial charge in [0.25, 0.3) is 0 Å². The van der Waals surface area contributed by atoms with Gasteiger partial charge in [-0.2, -0.15) is 0 Å². The Hall–Kier alpha value is -0.163. The quantitative estimate of drug-likeness (QED) is 0.541. The fraction of sp³-hybridized carbons (Fsp3) is 0.846. The molecule has 1 saturated carbocycles. The standard InChI is InChI=1S/C7H10.C6H16O3Si/c1-2-7-4-3-6(1)5-7;1-4-7-10(8-5-2)9-6-3/h1,7H,2-5H2;10H,4-6H2,1-3H3. The summed E-state index contributed by atoms with van der Waals surface area (Å²) in [6, 6.07) is 0. The molecule has 0 aliphatic heterocycles. The van der Waals surface area contributed by atoms with Crippen LogP contribution in [0, 0.1) is 5.92 Å². The average Bonchev–Trinajstić information content (AvgIpc) is 2.95. The molecule has 1 unspecified atom stereocenters. The molecule has 4 heteroatoms. The molecule has 2 aliphatic rings. The van der Waals surface area contributed by atoms with Crippen molar-refractivity contribution in [2.45, 2.75) is 46.5 Å². The van der Waals surface area contributed by atoms with Gasteiger partial charge >= 0.3 is 9.53 Å². The van der Waals surface area contributed by atoms with Crippen molar-refractivity contribution in [1.29, 1.82) is 0 Å². The molecule has 0 amide bonds. The van der Waals surface area contributed by atoms with Gasteiger partial charge in [0.1, 0.15) is 0 Å². The van der Waals surface area contributed by atoms with E-state index in [2.05, 4.69) is 6.08 Å². The van der Waals surface area contributed by atoms with E-state index < -0.39 is 9.53 Å². The fourth-order valence-corrected chi connectivity index (χ4v) is 3.34. The summed E-state index contributed by atoms with van der Waals surface area (Å²) in [5.74, 6) is 1.08. The van der Waals surface area contributed by atoms with Crippen LogP contribution in [0.15, 0.2) is 11.6 Å². The lowest BCUT2D eigenvalue weighted by Crippen LogP contribution is -2.27. The Balaban J connectivity index is 0.000000177. The molecule has 2 aliphatic carbocycles. The Morgan fingerprint density at radius 2 is 1.71 bits per heavy atom. The van der Waals surface area contributed by atoms with Gasteiger partial charge in [-0.15, -0.1) is 0 Å². The van der Waals surface area contributed by atoms with E-state index in [1.807, 2.05) is 20.8 Å². The SMILES string of the molecule is C1=C2CCC(C1)C2.CCO[SiH](OCC)OCC. The van der Waals surface area contributed by atoms with E-state index in [1.54, 1.807) is 5.57 Å². The van der Waals surface area contributed by atoms with Gasteiger partial charge < -0.3 is 13.3 Å². The summed E-state index contributed by atoms with van der Waals surface area (Å²) in [6.45, 7) is 7.86. The lowest BCUT2D eigenvalue weighted by Gasteiger charge is -2.12. The van der Waals surface area contributed by atoms with E-state index in [0.717, 1.165) is 5.92 Å². The second-order valence-corrected chi connectivity index (χ2v) is 5.94. The van der Waals surface area contributed by atoms with Crippen molar-refractivity contribution in [3.63, 3.8) is 0 Å². The van der Waals surface area contributed by atoms with Crippen molar-refractivity contribution < 1.29 is 13.3 Å². The summed E-state index contributed by atoms with van der Waals surface area (Å²) in [6.07, 6.45) is 8.18. The zero-order valence-corrected chi connectivity index (χ0v) is 12.6. The number of hydrogen-bond acceptors (Lipinski definition) is 3. The van der Waals surface area contributed by atoms with E-state index in [9.17, 15) is 0 Å². The molecule has 17 heavy (non-hydrogen) atoms. The number of fused-ring (bicyclic) bond motifs is 2. The van der Waals surface area contributed by atoms with Gasteiger partial charge in [0, 0.05) is 19.8 Å². The Morgan fingerprint density at radius 3 is 1.88 bits per heavy atom. The lowest BCUT2D eigenvalue weighted by molar-refractivity contribution is 0.107. The summed E-state index contributed by atoms with van der Waals surface area (Å²) in [7, 11) is -1.73. The van der Waals surface area contributed by atoms with Crippen molar-refractivity contribution in [2.75, 3.05) is 19.8 Å². The molecule has 100 valence electrons. The molecule has 0 heterocycles. The van der Waals surface area contributed by atoms with Crippen LogP contribution in [0.1, 0.15) is 46.5 Å². The van der Waals surface area contributed by atoms with Crippen molar-refractivity contribution in [1.82, 2.24) is 0 Å². The Labute approximate surface area is 107 Å². The van der Waals surface area contributed by atoms with Crippen LogP contribution in [0.25, 0.3) is 0 Å². The van der Waals surface area contributed by atoms with Crippen LogP contribution in [-0.4, -0.2) is 29.3 Å². The monoisotopic (exact) mass is 258 g/mol. The molecule has 1 fully saturated rings. The normalized spacial score (nSPS) is 21.4. The highest BCUT2D eigenvalue weighted by molar-refractivity contribution is 6.36. The summed E-state index contributed by atoms with van der Waals surface area (Å²) in [5.41, 5.74) is 1.74. The molecule has 2 rings (SSSR count). The Morgan fingerprint density at radius 1 is 1.12 bits per heavy atom. The van der Waals surface area contributed by atoms with Crippen molar-refractivity contribution >= 4 is 9.53 Å². The molecule has 3 nitrogen and oxygen atoms in total. The first-order chi connectivity index (χ1) is 8.30. The largest absolute Gasteiger partial charge is 0.484 e. The van der Waals surface area contributed by atoms with Crippen LogP contribution in [0.4, 0.5) is 0 Å². The molecule has 0 aromatic carbocycles. The highest BCUT2D eigenvalue weighted by Crippen LogP contribution is 2.38. The van der Waals surface area contributed by atoms with E-state index in [4.69, 9.17) is 13.3 Å². The van der Waals surface area contributed by atoms with E-state index >= 15 is 0 Å². The zero-order chi connectivity index (χ0) is 12.5. The topological polar surface area (TPSA) is 27.7 Å². The highest BCUT2D eigenvalue weighted by atomic mass is 28.3. The third-order valence-corrected chi connectivity index (χ3v) is 4.89. The summed E-state index contributed by atoms with van der Waals surface area (Å²) < 4.78 is 15.7. The van der Waals surface area contributed by atoms with E-state index in [0.29, 0.717) is 19.8 Å². The maximum atomic E-state index is 5.22. The molecule has 0 aromatic heterocycles. The van der Waals surface area contributed by atoms with Gasteiger partial charge in [-0.05, 0) is 52.4 Å². The average molecular weight is 258 g/mol. The smallest absolute Gasteiger partial charge is 0.376 e. The van der Waals surface area contributed by atoms with Gasteiger partial charge in [0.2, 0.25) is 0 Å². The molecule has 2 bridgehead atoms. The van der Waals surface area contributed by atoms with E-state index in [-0.39, 0.29) is 0 Å². The van der Waals surface area contributed by atoms with Gasteiger partial charge in [0.05, 0.1) is 0 Å². The molecular weight excluding hydrogens is 232 g/mol. The van der Waals surface area contributed by atoms with Crippen LogP contribution >= 0.6 is 0 Å². The second-order valence-electron chi connectivity index (χ2n) is 4.36. The summed E-state index contributed by atoms with van der Waals surface area (Å²) in [5, 5.41) is 0. The highest BCUT2D eigenvalue weighted by Gasteiger charge is 2.22. The van der Waals surface area contributed by atoms with Crippen LogP contribution in [0.2, 0.25) is 0 Å². The number of allylic oxidation sites excluding steroid dienone is 2. The van der Waals surface area contributed by atoms with Crippen molar-refractivity contribution in [2.24, 2.45) is 5.92 Å². The fourth-order valence-electron chi connectivity index (χ4n) is 2.24. The van der Waals surface area contributed by atoms with Crippen LogP contribution in [0.5, 0.6) is 0 Å². The number of rotatable bonds is 6. The maximum absolute atomic E-state index is 5.22. The first-order valence-corrected chi connectivity index (χ1v) is 8.24. The first-order valence-electron chi connectivity index (χ1n) is 6.82. The minimum atomic E-state index is -1.73. The molecular formula is C13H26O3Si. The van der Waals surface area contributed by atoms with Gasteiger partial charge in [-0.3, -0.25) is 0 Å². The van der Waals surface area contributed by atoms with Crippen LogP contribution < -0.4 is 0 Å². The van der Waals surface area contributed by atoms with Crippen LogP contribution in [-0.2, 0) is 13.3 Å². The molecule has 0 N–H and O–H groups in total. The molecule has 1 atom stereocenters. The lowest BCUT2D eigenvalue weighted by atomic mass is 10.1. The Kier molecular flexibility index (Phi) is 7.76. The van der Waals surface area contributed by atoms with Gasteiger partial charge in [0.15, 0.2) is 0 Å². The second kappa shape index (κ2) is 8.86. The first kappa shape index (κ1) is 14.9. The summed E-state index contributed by atoms with van der Waals surface area (Å²) in [4.78, 5) is 0. The minimum Gasteiger partial charge on any atom is -0.376 e. The number of hydrogen-bond donors (Lipinski definition) is 0. The zero-order valence-electron chi connectivity index (χ0n) is 11.4. The van der Waals surface area contributed by atoms with Crippen molar-refractivity contribution in [3.8, 4) is 0 Å². The third-order valence-electron chi connectivity index (χ3n) is 3.07. The van der Waals surface area contributed by atoms with E-state index in [1.165, 1.54) is 25.7 Å². The van der Waals surface area contributed by atoms with Crippen molar-refractivity contribution in [3.05, 3.63) is 11.6 Å². The molecule has 0 saturated heterocycles. The minimum absolute atomic E-state index is 0.677. The predicted octanol–water partition coefficient (Wildman–Crippen LogP) is 2.93. The van der Waals surface area contributed by atoms with Gasteiger partial charge in [-0.25, -0.2) is 0 Å². The molecule has 0 radical (unpaired) electrons. The molecule has 0 aromatic rings. The van der Waals surface area contributed by atoms with Gasteiger partial charge in [-0.1, -0.05) is 11.6 Å². The Bertz CT molecular complexity index is 216. The molecule has 0 spiro atoms.